The maximum Gasteiger partial charge on any atom is 0.573 e. The van der Waals surface area contributed by atoms with Crippen LogP contribution in [0, 0.1) is 5.92 Å². The van der Waals surface area contributed by atoms with Gasteiger partial charge in [0.1, 0.15) is 17.4 Å². The molecule has 1 N–H and O–H groups in total. The van der Waals surface area contributed by atoms with Crippen molar-refractivity contribution in [1.29, 1.82) is 0 Å². The molecule has 0 aliphatic carbocycles. The first-order chi connectivity index (χ1) is 18.5. The number of carbonyl (C=O) groups is 3. The predicted molar refractivity (Wildman–Crippen MR) is 137 cm³/mol. The van der Waals surface area contributed by atoms with Gasteiger partial charge in [-0.15, -0.1) is 13.2 Å². The van der Waals surface area contributed by atoms with E-state index < -0.39 is 45.8 Å². The van der Waals surface area contributed by atoms with Gasteiger partial charge in [-0.3, -0.25) is 9.59 Å². The highest BCUT2D eigenvalue weighted by Gasteiger charge is 2.41. The van der Waals surface area contributed by atoms with Crippen molar-refractivity contribution in [2.24, 2.45) is 5.92 Å². The number of nitrogens with zero attached hydrogens (tertiary/aromatic N) is 3. The first kappa shape index (κ1) is 31.5. The number of hydrogen-bond acceptors (Lipinski definition) is 7. The lowest BCUT2D eigenvalue weighted by Crippen LogP contribution is -2.61. The Morgan fingerprint density at radius 3 is 2.10 bits per heavy atom. The molecule has 0 bridgehead atoms. The van der Waals surface area contributed by atoms with Crippen molar-refractivity contribution in [3.8, 4) is 5.75 Å². The summed E-state index contributed by atoms with van der Waals surface area (Å²) in [5.41, 5.74) is -0.610. The second-order valence-electron chi connectivity index (χ2n) is 10.8. The maximum absolute atomic E-state index is 13.4. The second-order valence-corrected chi connectivity index (χ2v) is 12.7. The molecular weight excluding hydrogens is 557 g/mol. The molecule has 2 saturated heterocycles. The monoisotopic (exact) mass is 592 g/mol. The Bertz CT molecular complexity index is 1180. The fraction of sp³-hybridized carbons (Fsp3) is 0.640. The quantitative estimate of drug-likeness (QED) is 0.538. The summed E-state index contributed by atoms with van der Waals surface area (Å²) >= 11 is 0. The van der Waals surface area contributed by atoms with E-state index in [2.05, 4.69) is 10.1 Å². The molecule has 2 aliphatic heterocycles. The molecule has 0 spiro atoms. The number of piperidine rings is 1. The second kappa shape index (κ2) is 12.2. The highest BCUT2D eigenvalue weighted by Crippen LogP contribution is 2.27. The third kappa shape index (κ3) is 8.46. The van der Waals surface area contributed by atoms with E-state index in [1.807, 2.05) is 0 Å². The molecule has 3 amide bonds. The zero-order valence-corrected chi connectivity index (χ0v) is 23.7. The molecule has 1 aromatic carbocycles. The molecule has 2 fully saturated rings. The van der Waals surface area contributed by atoms with Crippen LogP contribution >= 0.6 is 0 Å². The number of nitrogens with one attached hydrogen (secondary N) is 1. The van der Waals surface area contributed by atoms with E-state index in [1.165, 1.54) is 11.8 Å². The Hall–Kier alpha value is -3.07. The van der Waals surface area contributed by atoms with Gasteiger partial charge in [-0.05, 0) is 63.8 Å². The van der Waals surface area contributed by atoms with Crippen LogP contribution in [0.2, 0.25) is 0 Å². The third-order valence-electron chi connectivity index (χ3n) is 6.57. The normalized spacial score (nSPS) is 19.7. The number of benzene rings is 1. The Kier molecular flexibility index (Phi) is 9.60. The molecule has 1 unspecified atom stereocenters. The van der Waals surface area contributed by atoms with Crippen LogP contribution in [-0.4, -0.2) is 97.7 Å². The first-order valence-corrected chi connectivity index (χ1v) is 14.3. The van der Waals surface area contributed by atoms with Gasteiger partial charge in [-0.1, -0.05) is 0 Å². The number of ether oxygens (including phenoxy) is 2. The van der Waals surface area contributed by atoms with E-state index >= 15 is 0 Å². The average Bonchev–Trinajstić information content (AvgIpc) is 2.85. The largest absolute Gasteiger partial charge is 0.573 e. The number of amides is 3. The average molecular weight is 593 g/mol. The smallest absolute Gasteiger partial charge is 0.444 e. The SMILES string of the molecule is CC(=O)N1CCN(S(=O)(=O)c2ccc(OC(F)(F)F)cc2)C(C(=O)NCC2CCN(C(=O)OC(C)(C)C)CC2)C1. The molecule has 0 saturated carbocycles. The minimum atomic E-state index is -4.93. The number of likely N-dealkylation sites (tertiary alicyclic amines) is 1. The number of rotatable bonds is 6. The number of hydrogen-bond donors (Lipinski definition) is 1. The summed E-state index contributed by atoms with van der Waals surface area (Å²) in [5, 5.41) is 2.79. The molecule has 2 heterocycles. The van der Waals surface area contributed by atoms with Crippen LogP contribution < -0.4 is 10.1 Å². The van der Waals surface area contributed by atoms with Gasteiger partial charge in [0, 0.05) is 46.2 Å². The molecule has 40 heavy (non-hydrogen) atoms. The molecule has 224 valence electrons. The Labute approximate surface area is 231 Å². The van der Waals surface area contributed by atoms with Crippen LogP contribution in [0.25, 0.3) is 0 Å². The summed E-state index contributed by atoms with van der Waals surface area (Å²) in [6.07, 6.45) is -4.12. The van der Waals surface area contributed by atoms with Crippen LogP contribution in [0.5, 0.6) is 5.75 Å². The fourth-order valence-electron chi connectivity index (χ4n) is 4.51. The van der Waals surface area contributed by atoms with Crippen molar-refractivity contribution in [2.75, 3.05) is 39.3 Å². The number of sulfonamides is 1. The van der Waals surface area contributed by atoms with E-state index in [0.717, 1.165) is 28.6 Å². The highest BCUT2D eigenvalue weighted by atomic mass is 32.2. The lowest BCUT2D eigenvalue weighted by Gasteiger charge is -2.39. The van der Waals surface area contributed by atoms with Crippen molar-refractivity contribution in [1.82, 2.24) is 19.4 Å². The van der Waals surface area contributed by atoms with Gasteiger partial charge >= 0.3 is 12.5 Å². The summed E-state index contributed by atoms with van der Waals surface area (Å²) in [5.74, 6) is -1.46. The summed E-state index contributed by atoms with van der Waals surface area (Å²) in [6.45, 7) is 7.52. The van der Waals surface area contributed by atoms with Gasteiger partial charge in [-0.25, -0.2) is 13.2 Å². The van der Waals surface area contributed by atoms with Gasteiger partial charge in [0.25, 0.3) is 0 Å². The Morgan fingerprint density at radius 1 is 0.975 bits per heavy atom. The molecule has 3 rings (SSSR count). The maximum atomic E-state index is 13.4. The number of piperazine rings is 1. The van der Waals surface area contributed by atoms with Crippen LogP contribution in [0.1, 0.15) is 40.5 Å². The summed E-state index contributed by atoms with van der Waals surface area (Å²) in [4.78, 5) is 40.2. The van der Waals surface area contributed by atoms with Gasteiger partial charge in [-0.2, -0.15) is 4.31 Å². The van der Waals surface area contributed by atoms with E-state index in [1.54, 1.807) is 25.7 Å². The van der Waals surface area contributed by atoms with E-state index in [-0.39, 0.29) is 42.9 Å². The van der Waals surface area contributed by atoms with E-state index in [9.17, 15) is 36.0 Å². The van der Waals surface area contributed by atoms with Crippen LogP contribution in [0.3, 0.4) is 0 Å². The molecule has 11 nitrogen and oxygen atoms in total. The van der Waals surface area contributed by atoms with Crippen LogP contribution in [-0.2, 0) is 24.3 Å². The van der Waals surface area contributed by atoms with Gasteiger partial charge in [0.05, 0.1) is 4.90 Å². The van der Waals surface area contributed by atoms with Gasteiger partial charge < -0.3 is 24.6 Å². The molecule has 0 aromatic heterocycles. The predicted octanol–water partition coefficient (Wildman–Crippen LogP) is 2.57. The summed E-state index contributed by atoms with van der Waals surface area (Å²) < 4.78 is 74.4. The fourth-order valence-corrected chi connectivity index (χ4v) is 6.08. The van der Waals surface area contributed by atoms with Crippen molar-refractivity contribution in [2.45, 2.75) is 63.4 Å². The number of carbonyl (C=O) groups excluding carboxylic acids is 3. The van der Waals surface area contributed by atoms with E-state index in [4.69, 9.17) is 4.74 Å². The molecule has 1 aromatic rings. The van der Waals surface area contributed by atoms with Gasteiger partial charge in [0.15, 0.2) is 0 Å². The molecular formula is C25H35F3N4O7S. The van der Waals surface area contributed by atoms with Crippen LogP contribution in [0.4, 0.5) is 18.0 Å². The van der Waals surface area contributed by atoms with Crippen molar-refractivity contribution in [3.63, 3.8) is 0 Å². The third-order valence-corrected chi connectivity index (χ3v) is 8.50. The van der Waals surface area contributed by atoms with Crippen molar-refractivity contribution >= 4 is 27.9 Å². The van der Waals surface area contributed by atoms with Gasteiger partial charge in [0.2, 0.25) is 21.8 Å². The molecule has 0 radical (unpaired) electrons. The zero-order valence-electron chi connectivity index (χ0n) is 22.9. The number of halogens is 3. The lowest BCUT2D eigenvalue weighted by atomic mass is 9.97. The number of alkyl halides is 3. The van der Waals surface area contributed by atoms with Crippen LogP contribution in [0.15, 0.2) is 29.2 Å². The van der Waals surface area contributed by atoms with Crippen molar-refractivity contribution < 1.29 is 45.4 Å². The molecule has 1 atom stereocenters. The summed E-state index contributed by atoms with van der Waals surface area (Å²) in [6, 6.07) is 2.47. The minimum Gasteiger partial charge on any atom is -0.444 e. The molecule has 2 aliphatic rings. The minimum absolute atomic E-state index is 0.0429. The first-order valence-electron chi connectivity index (χ1n) is 12.8. The lowest BCUT2D eigenvalue weighted by molar-refractivity contribution is -0.274. The Balaban J connectivity index is 1.67. The Morgan fingerprint density at radius 2 is 1.57 bits per heavy atom. The zero-order chi connectivity index (χ0) is 29.9. The topological polar surface area (TPSA) is 126 Å². The van der Waals surface area contributed by atoms with E-state index in [0.29, 0.717) is 25.9 Å². The standard InChI is InChI=1S/C25H35F3N4O7S/c1-17(33)31-13-14-32(40(36,37)20-7-5-19(6-8-20)38-25(26,27)28)21(16-31)22(34)29-15-18-9-11-30(12-10-18)23(35)39-24(2,3)4/h5-8,18,21H,9-16H2,1-4H3,(H,29,34). The highest BCUT2D eigenvalue weighted by molar-refractivity contribution is 7.89. The molecule has 15 heteroatoms. The summed E-state index contributed by atoms with van der Waals surface area (Å²) in [7, 11) is -4.30. The van der Waals surface area contributed by atoms with Crippen molar-refractivity contribution in [3.05, 3.63) is 24.3 Å².